The zero-order valence-electron chi connectivity index (χ0n) is 11.4. The molecule has 0 atom stereocenters. The molecule has 0 unspecified atom stereocenters. The molecule has 0 spiro atoms. The van der Waals surface area contributed by atoms with Crippen LogP contribution in [0.25, 0.3) is 11.0 Å². The van der Waals surface area contributed by atoms with Gasteiger partial charge in [0.05, 0.1) is 35.8 Å². The first-order valence-corrected chi connectivity index (χ1v) is 6.35. The van der Waals surface area contributed by atoms with Gasteiger partial charge in [-0.2, -0.15) is 0 Å². The van der Waals surface area contributed by atoms with Crippen molar-refractivity contribution in [1.29, 1.82) is 0 Å². The standard InChI is InChI=1S/C15H14N4O2/c1-21-10-3-4-11(16)13(7-10)19-15(20)9-2-5-12-14(6-9)18-8-17-12/h2-8H,16H2,1H3,(H,17,18)(H,19,20). The number of nitrogens with one attached hydrogen (secondary N) is 2. The van der Waals surface area contributed by atoms with Crippen molar-refractivity contribution in [3.8, 4) is 5.75 Å². The number of nitrogen functional groups attached to an aromatic ring is 1. The number of H-pyrrole nitrogens is 1. The van der Waals surface area contributed by atoms with Gasteiger partial charge < -0.3 is 20.8 Å². The Balaban J connectivity index is 1.88. The number of hydrogen-bond acceptors (Lipinski definition) is 4. The van der Waals surface area contributed by atoms with Gasteiger partial charge in [0, 0.05) is 11.6 Å². The topological polar surface area (TPSA) is 93.0 Å². The van der Waals surface area contributed by atoms with E-state index in [-0.39, 0.29) is 5.91 Å². The molecular weight excluding hydrogens is 268 g/mol. The number of carbonyl (C=O) groups excluding carboxylic acids is 1. The Morgan fingerprint density at radius 3 is 2.95 bits per heavy atom. The molecule has 1 aromatic heterocycles. The molecule has 0 saturated heterocycles. The van der Waals surface area contributed by atoms with Crippen LogP contribution in [0.5, 0.6) is 5.75 Å². The van der Waals surface area contributed by atoms with E-state index >= 15 is 0 Å². The molecule has 3 rings (SSSR count). The lowest BCUT2D eigenvalue weighted by Crippen LogP contribution is -2.13. The van der Waals surface area contributed by atoms with Crippen LogP contribution in [-0.2, 0) is 0 Å². The number of ether oxygens (including phenoxy) is 1. The molecule has 0 fully saturated rings. The minimum Gasteiger partial charge on any atom is -0.497 e. The maximum Gasteiger partial charge on any atom is 0.255 e. The highest BCUT2D eigenvalue weighted by Crippen LogP contribution is 2.25. The van der Waals surface area contributed by atoms with Crippen molar-refractivity contribution >= 4 is 28.3 Å². The van der Waals surface area contributed by atoms with E-state index < -0.39 is 0 Å². The van der Waals surface area contributed by atoms with E-state index in [9.17, 15) is 4.79 Å². The largest absolute Gasteiger partial charge is 0.497 e. The molecular formula is C15H14N4O2. The minimum absolute atomic E-state index is 0.244. The summed E-state index contributed by atoms with van der Waals surface area (Å²) in [5.74, 6) is 0.384. The van der Waals surface area contributed by atoms with Gasteiger partial charge >= 0.3 is 0 Å². The smallest absolute Gasteiger partial charge is 0.255 e. The van der Waals surface area contributed by atoms with Crippen LogP contribution in [0.15, 0.2) is 42.7 Å². The summed E-state index contributed by atoms with van der Waals surface area (Å²) in [6.07, 6.45) is 1.59. The van der Waals surface area contributed by atoms with E-state index in [1.54, 1.807) is 49.8 Å². The number of rotatable bonds is 3. The van der Waals surface area contributed by atoms with Crippen LogP contribution < -0.4 is 15.8 Å². The van der Waals surface area contributed by atoms with E-state index in [1.807, 2.05) is 0 Å². The first kappa shape index (κ1) is 13.0. The van der Waals surface area contributed by atoms with Crippen LogP contribution in [0.4, 0.5) is 11.4 Å². The molecule has 0 radical (unpaired) electrons. The number of nitrogens with zero attached hydrogens (tertiary/aromatic N) is 1. The fraction of sp³-hybridized carbons (Fsp3) is 0.0667. The molecule has 6 heteroatoms. The maximum atomic E-state index is 12.3. The molecule has 2 aromatic carbocycles. The molecule has 0 bridgehead atoms. The van der Waals surface area contributed by atoms with Gasteiger partial charge in [0.2, 0.25) is 0 Å². The molecule has 0 aliphatic rings. The number of amides is 1. The highest BCUT2D eigenvalue weighted by Gasteiger charge is 2.10. The summed E-state index contributed by atoms with van der Waals surface area (Å²) in [5.41, 5.74) is 9.00. The van der Waals surface area contributed by atoms with Gasteiger partial charge in [0.15, 0.2) is 0 Å². The molecule has 1 heterocycles. The third-order valence-electron chi connectivity index (χ3n) is 3.19. The number of hydrogen-bond donors (Lipinski definition) is 3. The van der Waals surface area contributed by atoms with Crippen molar-refractivity contribution in [3.63, 3.8) is 0 Å². The fourth-order valence-corrected chi connectivity index (χ4v) is 2.04. The van der Waals surface area contributed by atoms with Crippen LogP contribution in [0.2, 0.25) is 0 Å². The summed E-state index contributed by atoms with van der Waals surface area (Å²) in [4.78, 5) is 19.4. The Labute approximate surface area is 120 Å². The SMILES string of the molecule is COc1ccc(N)c(NC(=O)c2ccc3nc[nH]c3c2)c1. The zero-order valence-corrected chi connectivity index (χ0v) is 11.4. The summed E-state index contributed by atoms with van der Waals surface area (Å²) in [6.45, 7) is 0. The molecule has 0 aliphatic carbocycles. The predicted molar refractivity (Wildman–Crippen MR) is 81.5 cm³/mol. The Bertz CT molecular complexity index is 810. The first-order chi connectivity index (χ1) is 10.2. The van der Waals surface area contributed by atoms with Crippen LogP contribution >= 0.6 is 0 Å². The zero-order chi connectivity index (χ0) is 14.8. The van der Waals surface area contributed by atoms with Crippen LogP contribution in [0.3, 0.4) is 0 Å². The maximum absolute atomic E-state index is 12.3. The third-order valence-corrected chi connectivity index (χ3v) is 3.19. The Kier molecular flexibility index (Phi) is 3.19. The van der Waals surface area contributed by atoms with Crippen molar-refractivity contribution in [2.75, 3.05) is 18.2 Å². The lowest BCUT2D eigenvalue weighted by Gasteiger charge is -2.10. The van der Waals surface area contributed by atoms with Gasteiger partial charge in [-0.15, -0.1) is 0 Å². The van der Waals surface area contributed by atoms with Gasteiger partial charge in [-0.05, 0) is 30.3 Å². The number of fused-ring (bicyclic) bond motifs is 1. The second-order valence-corrected chi connectivity index (χ2v) is 4.54. The van der Waals surface area contributed by atoms with Gasteiger partial charge in [0.1, 0.15) is 5.75 Å². The van der Waals surface area contributed by atoms with Crippen LogP contribution in [0.1, 0.15) is 10.4 Å². The van der Waals surface area contributed by atoms with E-state index in [4.69, 9.17) is 10.5 Å². The quantitative estimate of drug-likeness (QED) is 0.643. The molecule has 0 aliphatic heterocycles. The molecule has 6 nitrogen and oxygen atoms in total. The molecule has 1 amide bonds. The normalized spacial score (nSPS) is 10.5. The number of methoxy groups -OCH3 is 1. The monoisotopic (exact) mass is 282 g/mol. The first-order valence-electron chi connectivity index (χ1n) is 6.35. The molecule has 4 N–H and O–H groups in total. The molecule has 0 saturated carbocycles. The summed E-state index contributed by atoms with van der Waals surface area (Å²) in [7, 11) is 1.56. The Hall–Kier alpha value is -3.02. The fourth-order valence-electron chi connectivity index (χ4n) is 2.04. The van der Waals surface area contributed by atoms with E-state index in [1.165, 1.54) is 0 Å². The van der Waals surface area contributed by atoms with Gasteiger partial charge in [-0.3, -0.25) is 4.79 Å². The summed E-state index contributed by atoms with van der Waals surface area (Å²) in [5, 5.41) is 2.78. The predicted octanol–water partition coefficient (Wildman–Crippen LogP) is 2.41. The molecule has 106 valence electrons. The minimum atomic E-state index is -0.244. The number of anilines is 2. The van der Waals surface area contributed by atoms with E-state index in [0.29, 0.717) is 22.7 Å². The second kappa shape index (κ2) is 5.16. The highest BCUT2D eigenvalue weighted by atomic mass is 16.5. The lowest BCUT2D eigenvalue weighted by atomic mass is 10.1. The average Bonchev–Trinajstić information content (AvgIpc) is 2.96. The summed E-state index contributed by atoms with van der Waals surface area (Å²) >= 11 is 0. The number of nitrogens with two attached hydrogens (primary N) is 1. The molecule has 3 aromatic rings. The van der Waals surface area contributed by atoms with Gasteiger partial charge in [-0.1, -0.05) is 0 Å². The Morgan fingerprint density at radius 1 is 1.29 bits per heavy atom. The third kappa shape index (κ3) is 2.51. The van der Waals surface area contributed by atoms with Crippen molar-refractivity contribution < 1.29 is 9.53 Å². The van der Waals surface area contributed by atoms with E-state index in [2.05, 4.69) is 15.3 Å². The number of benzene rings is 2. The van der Waals surface area contributed by atoms with Gasteiger partial charge in [0.25, 0.3) is 5.91 Å². The van der Waals surface area contributed by atoms with Crippen LogP contribution in [-0.4, -0.2) is 23.0 Å². The van der Waals surface area contributed by atoms with Crippen molar-refractivity contribution in [2.24, 2.45) is 0 Å². The van der Waals surface area contributed by atoms with Crippen molar-refractivity contribution in [2.45, 2.75) is 0 Å². The van der Waals surface area contributed by atoms with Crippen molar-refractivity contribution in [3.05, 3.63) is 48.3 Å². The Morgan fingerprint density at radius 2 is 2.14 bits per heavy atom. The number of carbonyl (C=O) groups is 1. The number of aromatic nitrogens is 2. The van der Waals surface area contributed by atoms with Gasteiger partial charge in [-0.25, -0.2) is 4.98 Å². The van der Waals surface area contributed by atoms with E-state index in [0.717, 1.165) is 11.0 Å². The second-order valence-electron chi connectivity index (χ2n) is 4.54. The summed E-state index contributed by atoms with van der Waals surface area (Å²) in [6, 6.07) is 10.4. The molecule has 21 heavy (non-hydrogen) atoms. The number of imidazole rings is 1. The lowest BCUT2D eigenvalue weighted by molar-refractivity contribution is 0.102. The summed E-state index contributed by atoms with van der Waals surface area (Å²) < 4.78 is 5.12. The average molecular weight is 282 g/mol. The van der Waals surface area contributed by atoms with Crippen LogP contribution in [0, 0.1) is 0 Å². The van der Waals surface area contributed by atoms with Crippen molar-refractivity contribution in [1.82, 2.24) is 9.97 Å². The number of aromatic amines is 1. The highest BCUT2D eigenvalue weighted by molar-refractivity contribution is 6.07.